The lowest BCUT2D eigenvalue weighted by Crippen LogP contribution is -2.46. The monoisotopic (exact) mass is 482 g/mol. The third kappa shape index (κ3) is 6.01. The number of aryl methyl sites for hydroxylation is 2. The van der Waals surface area contributed by atoms with Gasteiger partial charge in [0.1, 0.15) is 0 Å². The van der Waals surface area contributed by atoms with Crippen molar-refractivity contribution in [1.82, 2.24) is 9.62 Å². The van der Waals surface area contributed by atoms with Crippen molar-refractivity contribution in [2.45, 2.75) is 45.4 Å². The van der Waals surface area contributed by atoms with E-state index in [2.05, 4.69) is 11.4 Å². The number of amides is 1. The minimum absolute atomic E-state index is 0.109. The summed E-state index contributed by atoms with van der Waals surface area (Å²) < 4.78 is 27.3. The minimum Gasteiger partial charge on any atom is -0.349 e. The fourth-order valence-electron chi connectivity index (χ4n) is 4.06. The van der Waals surface area contributed by atoms with Gasteiger partial charge in [0.25, 0.3) is 0 Å². The van der Waals surface area contributed by atoms with Crippen LogP contribution in [-0.2, 0) is 20.6 Å². The molecule has 31 heavy (non-hydrogen) atoms. The van der Waals surface area contributed by atoms with E-state index in [0.717, 1.165) is 11.1 Å². The third-order valence-electron chi connectivity index (χ3n) is 5.73. The van der Waals surface area contributed by atoms with Crippen molar-refractivity contribution < 1.29 is 13.2 Å². The molecule has 1 fully saturated rings. The van der Waals surface area contributed by atoms with Crippen LogP contribution in [-0.4, -0.2) is 31.7 Å². The Morgan fingerprint density at radius 1 is 1.16 bits per heavy atom. The predicted molar refractivity (Wildman–Crippen MR) is 126 cm³/mol. The highest BCUT2D eigenvalue weighted by molar-refractivity contribution is 7.88. The van der Waals surface area contributed by atoms with E-state index in [-0.39, 0.29) is 30.2 Å². The Morgan fingerprint density at radius 3 is 2.58 bits per heavy atom. The molecule has 0 unspecified atom stereocenters. The number of halogens is 2. The smallest absolute Gasteiger partial charge is 0.224 e. The van der Waals surface area contributed by atoms with Crippen molar-refractivity contribution in [2.75, 3.05) is 13.1 Å². The molecule has 2 aromatic rings. The van der Waals surface area contributed by atoms with Gasteiger partial charge in [-0.2, -0.15) is 0 Å². The molecule has 1 aliphatic rings. The first-order valence-corrected chi connectivity index (χ1v) is 12.7. The number of piperidine rings is 1. The van der Waals surface area contributed by atoms with E-state index in [1.165, 1.54) is 9.87 Å². The Balaban J connectivity index is 1.66. The number of nitrogens with zero attached hydrogens (tertiary/aromatic N) is 1. The number of rotatable bonds is 6. The van der Waals surface area contributed by atoms with Gasteiger partial charge in [0.05, 0.1) is 27.8 Å². The van der Waals surface area contributed by atoms with Gasteiger partial charge in [-0.15, -0.1) is 0 Å². The molecule has 8 heteroatoms. The summed E-state index contributed by atoms with van der Waals surface area (Å²) in [5.74, 6) is -0.649. The molecule has 168 valence electrons. The summed E-state index contributed by atoms with van der Waals surface area (Å²) in [6.45, 7) is 6.63. The summed E-state index contributed by atoms with van der Waals surface area (Å²) in [4.78, 5) is 12.9. The van der Waals surface area contributed by atoms with Crippen LogP contribution in [0, 0.1) is 19.8 Å². The Morgan fingerprint density at radius 2 is 1.90 bits per heavy atom. The first-order chi connectivity index (χ1) is 14.6. The summed E-state index contributed by atoms with van der Waals surface area (Å²) in [7, 11) is -3.57. The quantitative estimate of drug-likeness (QED) is 0.627. The van der Waals surface area contributed by atoms with Crippen LogP contribution in [0.15, 0.2) is 36.4 Å². The highest BCUT2D eigenvalue weighted by Gasteiger charge is 2.33. The van der Waals surface area contributed by atoms with Crippen LogP contribution in [0.1, 0.15) is 48.1 Å². The Hall–Kier alpha value is -1.60. The zero-order chi connectivity index (χ0) is 22.8. The third-order valence-corrected chi connectivity index (χ3v) is 8.29. The van der Waals surface area contributed by atoms with Crippen molar-refractivity contribution in [1.29, 1.82) is 0 Å². The molecule has 0 aliphatic carbocycles. The first kappa shape index (κ1) is 24.1. The molecular formula is C23H28Cl2N2O3S. The van der Waals surface area contributed by atoms with Crippen molar-refractivity contribution in [3.05, 3.63) is 68.7 Å². The lowest BCUT2D eigenvalue weighted by molar-refractivity contribution is -0.126. The topological polar surface area (TPSA) is 66.5 Å². The van der Waals surface area contributed by atoms with Gasteiger partial charge in [0.15, 0.2) is 0 Å². The van der Waals surface area contributed by atoms with Crippen molar-refractivity contribution in [3.63, 3.8) is 0 Å². The Bertz CT molecular complexity index is 1070. The van der Waals surface area contributed by atoms with E-state index < -0.39 is 10.0 Å². The van der Waals surface area contributed by atoms with Gasteiger partial charge in [0, 0.05) is 13.1 Å². The molecule has 5 nitrogen and oxygen atoms in total. The molecule has 3 rings (SSSR count). The van der Waals surface area contributed by atoms with Crippen molar-refractivity contribution in [3.8, 4) is 0 Å². The number of carbonyl (C=O) groups is 1. The van der Waals surface area contributed by atoms with Gasteiger partial charge in [-0.25, -0.2) is 12.7 Å². The summed E-state index contributed by atoms with van der Waals surface area (Å²) in [5, 5.41) is 3.78. The molecule has 1 heterocycles. The van der Waals surface area contributed by atoms with E-state index in [1.54, 1.807) is 18.2 Å². The molecule has 0 radical (unpaired) electrons. The molecule has 2 aromatic carbocycles. The molecule has 1 amide bonds. The Kier molecular flexibility index (Phi) is 7.68. The molecule has 0 spiro atoms. The maximum absolute atomic E-state index is 13.0. The normalized spacial score (nSPS) is 18.5. The second kappa shape index (κ2) is 9.90. The number of nitrogens with one attached hydrogen (secondary N) is 1. The molecule has 0 aromatic heterocycles. The average Bonchev–Trinajstić information content (AvgIpc) is 2.70. The second-order valence-corrected chi connectivity index (χ2v) is 11.1. The largest absolute Gasteiger partial charge is 0.349 e. The molecule has 0 saturated carbocycles. The number of sulfonamides is 1. The Labute approximate surface area is 194 Å². The van der Waals surface area contributed by atoms with E-state index >= 15 is 0 Å². The zero-order valence-corrected chi connectivity index (χ0v) is 20.3. The second-order valence-electron chi connectivity index (χ2n) is 8.29. The van der Waals surface area contributed by atoms with Crippen molar-refractivity contribution in [2.24, 2.45) is 5.92 Å². The van der Waals surface area contributed by atoms with Crippen LogP contribution in [0.3, 0.4) is 0 Å². The van der Waals surface area contributed by atoms with Gasteiger partial charge in [-0.1, -0.05) is 53.0 Å². The van der Waals surface area contributed by atoms with Gasteiger partial charge >= 0.3 is 0 Å². The van der Waals surface area contributed by atoms with Gasteiger partial charge in [-0.3, -0.25) is 4.79 Å². The van der Waals surface area contributed by atoms with Gasteiger partial charge in [0.2, 0.25) is 15.9 Å². The van der Waals surface area contributed by atoms with Crippen molar-refractivity contribution >= 4 is 39.1 Å². The number of hydrogen-bond donors (Lipinski definition) is 1. The number of benzene rings is 2. The van der Waals surface area contributed by atoms with Gasteiger partial charge < -0.3 is 5.32 Å². The van der Waals surface area contributed by atoms with Crippen LogP contribution >= 0.6 is 23.2 Å². The molecule has 1 aliphatic heterocycles. The molecule has 1 N–H and O–H groups in total. The summed E-state index contributed by atoms with van der Waals surface area (Å²) in [6, 6.07) is 10.8. The highest BCUT2D eigenvalue weighted by Crippen LogP contribution is 2.27. The molecule has 1 saturated heterocycles. The first-order valence-electron chi connectivity index (χ1n) is 10.4. The van der Waals surface area contributed by atoms with E-state index in [9.17, 15) is 13.2 Å². The van der Waals surface area contributed by atoms with Crippen LogP contribution < -0.4 is 5.32 Å². The maximum atomic E-state index is 13.0. The standard InChI is InChI=1S/C23H28Cl2N2O3S/c1-15-6-8-20(16(2)11-15)17(3)26-23(28)19-5-4-10-27(13-19)31(29,30)14-18-7-9-21(24)22(25)12-18/h6-9,11-12,17,19H,4-5,10,13-14H2,1-3H3,(H,26,28)/t17-,19+/m1/s1. The maximum Gasteiger partial charge on any atom is 0.224 e. The highest BCUT2D eigenvalue weighted by atomic mass is 35.5. The number of carbonyl (C=O) groups excluding carboxylic acids is 1. The lowest BCUT2D eigenvalue weighted by Gasteiger charge is -2.32. The van der Waals surface area contributed by atoms with E-state index in [4.69, 9.17) is 23.2 Å². The predicted octanol–water partition coefficient (Wildman–Crippen LogP) is 5.03. The van der Waals surface area contributed by atoms with Crippen LogP contribution in [0.5, 0.6) is 0 Å². The molecular weight excluding hydrogens is 455 g/mol. The molecule has 0 bridgehead atoms. The van der Waals surface area contributed by atoms with Gasteiger partial charge in [-0.05, 0) is 62.4 Å². The van der Waals surface area contributed by atoms with Crippen LogP contribution in [0.2, 0.25) is 10.0 Å². The van der Waals surface area contributed by atoms with Crippen LogP contribution in [0.4, 0.5) is 0 Å². The zero-order valence-electron chi connectivity index (χ0n) is 18.0. The average molecular weight is 483 g/mol. The number of hydrogen-bond acceptors (Lipinski definition) is 3. The molecule has 2 atom stereocenters. The summed E-state index contributed by atoms with van der Waals surface area (Å²) in [5.41, 5.74) is 3.94. The lowest BCUT2D eigenvalue weighted by atomic mass is 9.96. The fourth-order valence-corrected chi connectivity index (χ4v) is 5.98. The summed E-state index contributed by atoms with van der Waals surface area (Å²) in [6.07, 6.45) is 1.32. The summed E-state index contributed by atoms with van der Waals surface area (Å²) >= 11 is 11.9. The SMILES string of the molecule is Cc1ccc([C@@H](C)NC(=O)[C@H]2CCCN(S(=O)(=O)Cc3ccc(Cl)c(Cl)c3)C2)c(C)c1. The van der Waals surface area contributed by atoms with E-state index in [1.807, 2.05) is 32.9 Å². The minimum atomic E-state index is -3.57. The van der Waals surface area contributed by atoms with Crippen LogP contribution in [0.25, 0.3) is 0 Å². The van der Waals surface area contributed by atoms with E-state index in [0.29, 0.717) is 35.0 Å². The fraction of sp³-hybridized carbons (Fsp3) is 0.435.